The van der Waals surface area contributed by atoms with Crippen LogP contribution in [0.1, 0.15) is 15.9 Å². The van der Waals surface area contributed by atoms with E-state index >= 15 is 0 Å². The van der Waals surface area contributed by atoms with Crippen LogP contribution in [0.5, 0.6) is 0 Å². The molecule has 1 atom stereocenters. The molecular weight excluding hydrogens is 215 g/mol. The number of aldehydes is 1. The van der Waals surface area contributed by atoms with Gasteiger partial charge in [0.2, 0.25) is 0 Å². The van der Waals surface area contributed by atoms with E-state index < -0.39 is 0 Å². The fourth-order valence-electron chi connectivity index (χ4n) is 1.55. The minimum Gasteiger partial charge on any atom is -0.298 e. The van der Waals surface area contributed by atoms with Crippen LogP contribution < -0.4 is 5.30 Å². The van der Waals surface area contributed by atoms with Gasteiger partial charge in [-0.25, -0.2) is 0 Å². The van der Waals surface area contributed by atoms with Gasteiger partial charge in [0.1, 0.15) is 0 Å². The number of benzene rings is 2. The van der Waals surface area contributed by atoms with Gasteiger partial charge in [0.05, 0.1) is 0 Å². The zero-order valence-electron chi connectivity index (χ0n) is 8.89. The Balaban J connectivity index is 2.08. The van der Waals surface area contributed by atoms with Crippen LogP contribution >= 0.6 is 8.58 Å². The second-order valence-corrected chi connectivity index (χ2v) is 4.79. The Kier molecular flexibility index (Phi) is 3.85. The summed E-state index contributed by atoms with van der Waals surface area (Å²) in [4.78, 5) is 10.8. The van der Waals surface area contributed by atoms with E-state index in [-0.39, 0.29) is 0 Å². The lowest BCUT2D eigenvalue weighted by atomic mass is 10.2. The Labute approximate surface area is 97.3 Å². The van der Waals surface area contributed by atoms with Crippen LogP contribution in [0.4, 0.5) is 0 Å². The van der Waals surface area contributed by atoms with Crippen molar-refractivity contribution in [1.82, 2.24) is 0 Å². The summed E-state index contributed by atoms with van der Waals surface area (Å²) in [5.41, 5.74) is 2.14. The van der Waals surface area contributed by atoms with Crippen molar-refractivity contribution in [3.05, 3.63) is 65.7 Å². The van der Waals surface area contributed by atoms with Crippen molar-refractivity contribution < 1.29 is 4.79 Å². The Hall–Kier alpha value is -1.46. The molecule has 0 aliphatic heterocycles. The van der Waals surface area contributed by atoms with E-state index in [9.17, 15) is 4.79 Å². The van der Waals surface area contributed by atoms with Crippen LogP contribution in [-0.4, -0.2) is 6.29 Å². The molecule has 0 aromatic heterocycles. The van der Waals surface area contributed by atoms with E-state index in [1.54, 1.807) is 0 Å². The number of carbonyl (C=O) groups excluding carboxylic acids is 1. The average Bonchev–Trinajstić information content (AvgIpc) is 2.38. The summed E-state index contributed by atoms with van der Waals surface area (Å²) in [7, 11) is 0.656. The third-order valence-corrected chi connectivity index (χ3v) is 3.83. The number of hydrogen-bond donors (Lipinski definition) is 0. The molecule has 16 heavy (non-hydrogen) atoms. The first kappa shape index (κ1) is 11.0. The molecule has 1 unspecified atom stereocenters. The lowest BCUT2D eigenvalue weighted by Crippen LogP contribution is -2.02. The molecule has 0 heterocycles. The quantitative estimate of drug-likeness (QED) is 0.580. The maximum Gasteiger partial charge on any atom is 0.150 e. The highest BCUT2D eigenvalue weighted by atomic mass is 31.1. The summed E-state index contributed by atoms with van der Waals surface area (Å²) in [6.45, 7) is 0. The highest BCUT2D eigenvalue weighted by Gasteiger charge is 2.00. The van der Waals surface area contributed by atoms with Gasteiger partial charge in [0, 0.05) is 5.56 Å². The van der Waals surface area contributed by atoms with E-state index in [1.165, 1.54) is 5.56 Å². The molecule has 2 aromatic rings. The van der Waals surface area contributed by atoms with Gasteiger partial charge >= 0.3 is 0 Å². The van der Waals surface area contributed by atoms with Crippen molar-refractivity contribution >= 4 is 20.2 Å². The fraction of sp³-hybridized carbons (Fsp3) is 0.0714. The Morgan fingerprint density at radius 1 is 0.938 bits per heavy atom. The first-order valence-electron chi connectivity index (χ1n) is 5.22. The number of carbonyl (C=O) groups is 1. The van der Waals surface area contributed by atoms with E-state index in [0.717, 1.165) is 23.3 Å². The second kappa shape index (κ2) is 5.58. The summed E-state index contributed by atoms with van der Waals surface area (Å²) < 4.78 is 0. The summed E-state index contributed by atoms with van der Waals surface area (Å²) in [6.07, 6.45) is 1.94. The molecule has 0 amide bonds. The van der Waals surface area contributed by atoms with Crippen LogP contribution in [0.25, 0.3) is 0 Å². The SMILES string of the molecule is O=Cc1ccccc1PCc1ccccc1. The molecule has 0 bridgehead atoms. The lowest BCUT2D eigenvalue weighted by Gasteiger charge is -2.04. The minimum absolute atomic E-state index is 0.656. The highest BCUT2D eigenvalue weighted by Crippen LogP contribution is 2.19. The Morgan fingerprint density at radius 3 is 2.38 bits per heavy atom. The van der Waals surface area contributed by atoms with Crippen molar-refractivity contribution in [2.75, 3.05) is 0 Å². The zero-order chi connectivity index (χ0) is 11.2. The monoisotopic (exact) mass is 228 g/mol. The molecule has 1 nitrogen and oxygen atoms in total. The molecule has 0 fully saturated rings. The van der Waals surface area contributed by atoms with Gasteiger partial charge in [-0.2, -0.15) is 0 Å². The van der Waals surface area contributed by atoms with Gasteiger partial charge in [-0.15, -0.1) is 0 Å². The minimum atomic E-state index is 0.656. The van der Waals surface area contributed by atoms with Gasteiger partial charge < -0.3 is 0 Å². The summed E-state index contributed by atoms with van der Waals surface area (Å²) in [6, 6.07) is 18.2. The smallest absolute Gasteiger partial charge is 0.150 e. The summed E-state index contributed by atoms with van der Waals surface area (Å²) in [5, 5.41) is 1.15. The van der Waals surface area contributed by atoms with Crippen molar-refractivity contribution in [2.24, 2.45) is 0 Å². The van der Waals surface area contributed by atoms with E-state index in [4.69, 9.17) is 0 Å². The van der Waals surface area contributed by atoms with Crippen LogP contribution in [0, 0.1) is 0 Å². The maximum atomic E-state index is 10.8. The number of rotatable bonds is 4. The highest BCUT2D eigenvalue weighted by molar-refractivity contribution is 7.46. The molecule has 80 valence electrons. The molecular formula is C14H13OP. The van der Waals surface area contributed by atoms with Crippen LogP contribution in [-0.2, 0) is 6.16 Å². The normalized spacial score (nSPS) is 10.8. The third kappa shape index (κ3) is 2.77. The first-order valence-corrected chi connectivity index (χ1v) is 6.43. The van der Waals surface area contributed by atoms with E-state index in [1.807, 2.05) is 42.5 Å². The van der Waals surface area contributed by atoms with Crippen LogP contribution in [0.15, 0.2) is 54.6 Å². The fourth-order valence-corrected chi connectivity index (χ4v) is 2.74. The van der Waals surface area contributed by atoms with Crippen molar-refractivity contribution in [2.45, 2.75) is 6.16 Å². The van der Waals surface area contributed by atoms with Crippen molar-refractivity contribution in [3.8, 4) is 0 Å². The topological polar surface area (TPSA) is 17.1 Å². The van der Waals surface area contributed by atoms with Crippen molar-refractivity contribution in [3.63, 3.8) is 0 Å². The predicted octanol–water partition coefficient (Wildman–Crippen LogP) is 3.00. The molecule has 2 aromatic carbocycles. The van der Waals surface area contributed by atoms with Gasteiger partial charge in [-0.3, -0.25) is 4.79 Å². The van der Waals surface area contributed by atoms with Gasteiger partial charge in [-0.1, -0.05) is 63.2 Å². The largest absolute Gasteiger partial charge is 0.298 e. The van der Waals surface area contributed by atoms with Gasteiger partial charge in [0.15, 0.2) is 6.29 Å². The number of hydrogen-bond acceptors (Lipinski definition) is 1. The van der Waals surface area contributed by atoms with Crippen LogP contribution in [0.3, 0.4) is 0 Å². The predicted molar refractivity (Wildman–Crippen MR) is 69.9 cm³/mol. The molecule has 0 saturated heterocycles. The van der Waals surface area contributed by atoms with Crippen LogP contribution in [0.2, 0.25) is 0 Å². The molecule has 0 aliphatic rings. The van der Waals surface area contributed by atoms with E-state index in [2.05, 4.69) is 12.1 Å². The molecule has 2 heteroatoms. The van der Waals surface area contributed by atoms with Gasteiger partial charge in [-0.05, 0) is 17.0 Å². The summed E-state index contributed by atoms with van der Waals surface area (Å²) >= 11 is 0. The molecule has 0 radical (unpaired) electrons. The zero-order valence-corrected chi connectivity index (χ0v) is 9.89. The first-order chi connectivity index (χ1) is 7.90. The maximum absolute atomic E-state index is 10.8. The third-order valence-electron chi connectivity index (χ3n) is 2.41. The lowest BCUT2D eigenvalue weighted by molar-refractivity contribution is 0.112. The standard InChI is InChI=1S/C14H13OP/c15-10-13-8-4-5-9-14(13)16-11-12-6-2-1-3-7-12/h1-10,16H,11H2. The summed E-state index contributed by atoms with van der Waals surface area (Å²) in [5.74, 6) is 0. The van der Waals surface area contributed by atoms with Crippen molar-refractivity contribution in [1.29, 1.82) is 0 Å². The Bertz CT molecular complexity index is 465. The second-order valence-electron chi connectivity index (χ2n) is 3.54. The molecule has 0 aliphatic carbocycles. The molecule has 0 spiro atoms. The molecule has 0 saturated carbocycles. The molecule has 0 N–H and O–H groups in total. The van der Waals surface area contributed by atoms with E-state index in [0.29, 0.717) is 8.58 Å². The average molecular weight is 228 g/mol. The van der Waals surface area contributed by atoms with Gasteiger partial charge in [0.25, 0.3) is 0 Å². The molecule has 2 rings (SSSR count). The Morgan fingerprint density at radius 2 is 1.62 bits per heavy atom.